The van der Waals surface area contributed by atoms with Gasteiger partial charge in [0.2, 0.25) is 0 Å². The SMILES string of the molecule is Cc1cc(C)c(N2c3ccc(-c4ccccc4)cc3B3c4cc5c(cc4N(c4c(C)cc(C)cc4C)c4cc(C(=O)OCc6ccccc6)cc2c43)CCCC5)c(C)c1. The van der Waals surface area contributed by atoms with E-state index < -0.39 is 0 Å². The van der Waals surface area contributed by atoms with Crippen molar-refractivity contribution >= 4 is 63.2 Å². The third-order valence-corrected chi connectivity index (χ3v) is 12.8. The highest BCUT2D eigenvalue weighted by Gasteiger charge is 2.45. The number of carbonyl (C=O) groups excluding carboxylic acids is 1. The topological polar surface area (TPSA) is 32.8 Å². The summed E-state index contributed by atoms with van der Waals surface area (Å²) in [6, 6.07) is 46.2. The Morgan fingerprint density at radius 3 is 1.66 bits per heavy atom. The van der Waals surface area contributed by atoms with Crippen LogP contribution in [-0.4, -0.2) is 12.7 Å². The van der Waals surface area contributed by atoms with Gasteiger partial charge in [-0.05, 0) is 158 Å². The molecule has 1 aliphatic carbocycles. The molecule has 0 N–H and O–H groups in total. The van der Waals surface area contributed by atoms with Gasteiger partial charge in [0.15, 0.2) is 0 Å². The van der Waals surface area contributed by atoms with Crippen LogP contribution in [-0.2, 0) is 24.2 Å². The van der Waals surface area contributed by atoms with Crippen LogP contribution in [0.15, 0.2) is 127 Å². The Morgan fingerprint density at radius 2 is 1.07 bits per heavy atom. The number of aryl methyl sites for hydroxylation is 8. The van der Waals surface area contributed by atoms with Gasteiger partial charge in [-0.1, -0.05) is 114 Å². The number of hydrogen-bond donors (Lipinski definition) is 0. The molecule has 10 rings (SSSR count). The molecule has 7 aromatic rings. The Hall–Kier alpha value is -6.33. The maximum absolute atomic E-state index is 14.5. The molecule has 4 nitrogen and oxygen atoms in total. The number of carbonyl (C=O) groups is 1. The van der Waals surface area contributed by atoms with Crippen molar-refractivity contribution in [3.63, 3.8) is 0 Å². The first-order chi connectivity index (χ1) is 28.6. The van der Waals surface area contributed by atoms with Gasteiger partial charge in [-0.15, -0.1) is 0 Å². The molecule has 0 atom stereocenters. The molecule has 0 saturated carbocycles. The van der Waals surface area contributed by atoms with E-state index in [1.165, 1.54) is 96.2 Å². The molecule has 290 valence electrons. The maximum Gasteiger partial charge on any atom is 0.338 e. The van der Waals surface area contributed by atoms with E-state index in [2.05, 4.69) is 148 Å². The van der Waals surface area contributed by atoms with Gasteiger partial charge in [0.25, 0.3) is 6.71 Å². The van der Waals surface area contributed by atoms with E-state index in [1.54, 1.807) is 0 Å². The minimum atomic E-state index is -0.333. The highest BCUT2D eigenvalue weighted by Crippen LogP contribution is 2.48. The fourth-order valence-electron chi connectivity index (χ4n) is 10.5. The Morgan fingerprint density at radius 1 is 0.542 bits per heavy atom. The molecule has 0 spiro atoms. The molecule has 7 aromatic carbocycles. The Kier molecular flexibility index (Phi) is 9.09. The second kappa shape index (κ2) is 14.5. The lowest BCUT2D eigenvalue weighted by Crippen LogP contribution is -2.61. The van der Waals surface area contributed by atoms with E-state index in [1.807, 2.05) is 30.3 Å². The zero-order valence-corrected chi connectivity index (χ0v) is 34.9. The van der Waals surface area contributed by atoms with Gasteiger partial charge in [0.1, 0.15) is 6.61 Å². The van der Waals surface area contributed by atoms with E-state index in [4.69, 9.17) is 4.74 Å². The van der Waals surface area contributed by atoms with Crippen LogP contribution in [0.3, 0.4) is 0 Å². The second-order valence-corrected chi connectivity index (χ2v) is 17.1. The third-order valence-electron chi connectivity index (χ3n) is 12.8. The molecule has 0 unspecified atom stereocenters. The number of anilines is 6. The Labute approximate surface area is 349 Å². The lowest BCUT2D eigenvalue weighted by Gasteiger charge is -2.46. The molecule has 5 heteroatoms. The fraction of sp³-hybridized carbons (Fsp3) is 0.204. The van der Waals surface area contributed by atoms with Gasteiger partial charge in [0.05, 0.1) is 16.9 Å². The standard InChI is InChI=1S/C54H49BN2O2/c1-33-23-35(3)52(36(4)24-33)56-47-22-21-43(40-17-11-8-12-18-40)28-45(47)55-46-27-41-19-13-14-20-42(41)29-48(46)57(53-37(5)25-34(2)26-38(53)6)50-31-44(30-49(56)51(50)55)54(58)59-32-39-15-9-7-10-16-39/h7-12,15-18,21-31H,13-14,19-20,32H2,1-6H3. The van der Waals surface area contributed by atoms with Gasteiger partial charge in [-0.25, -0.2) is 4.79 Å². The molecule has 2 aliphatic heterocycles. The minimum absolute atomic E-state index is 0.0695. The largest absolute Gasteiger partial charge is 0.457 e. The predicted octanol–water partition coefficient (Wildman–Crippen LogP) is 11.5. The molecule has 0 radical (unpaired) electrons. The van der Waals surface area contributed by atoms with Gasteiger partial charge < -0.3 is 14.5 Å². The lowest BCUT2D eigenvalue weighted by molar-refractivity contribution is 0.0473. The van der Waals surface area contributed by atoms with Crippen molar-refractivity contribution in [2.75, 3.05) is 9.80 Å². The molecular weight excluding hydrogens is 719 g/mol. The number of rotatable bonds is 6. The average Bonchev–Trinajstić information content (AvgIpc) is 3.23. The summed E-state index contributed by atoms with van der Waals surface area (Å²) in [5.74, 6) is -0.333. The third kappa shape index (κ3) is 6.26. The smallest absolute Gasteiger partial charge is 0.338 e. The summed E-state index contributed by atoms with van der Waals surface area (Å²) < 4.78 is 6.16. The quantitative estimate of drug-likeness (QED) is 0.125. The van der Waals surface area contributed by atoms with Crippen LogP contribution in [0.5, 0.6) is 0 Å². The molecule has 0 amide bonds. The van der Waals surface area contributed by atoms with Crippen molar-refractivity contribution in [3.8, 4) is 11.1 Å². The summed E-state index contributed by atoms with van der Waals surface area (Å²) in [7, 11) is 0. The van der Waals surface area contributed by atoms with Crippen molar-refractivity contribution in [1.29, 1.82) is 0 Å². The van der Waals surface area contributed by atoms with Crippen molar-refractivity contribution in [3.05, 3.63) is 183 Å². The maximum atomic E-state index is 14.5. The molecule has 3 aliphatic rings. The summed E-state index contributed by atoms with van der Waals surface area (Å²) in [6.07, 6.45) is 4.57. The molecule has 0 fully saturated rings. The first-order valence-corrected chi connectivity index (χ1v) is 21.1. The Bertz CT molecular complexity index is 2780. The fourth-order valence-corrected chi connectivity index (χ4v) is 10.5. The van der Waals surface area contributed by atoms with E-state index in [0.29, 0.717) is 5.56 Å². The van der Waals surface area contributed by atoms with Crippen molar-refractivity contribution < 1.29 is 9.53 Å². The highest BCUT2D eigenvalue weighted by molar-refractivity contribution is 7.00. The first-order valence-electron chi connectivity index (χ1n) is 21.1. The number of benzene rings is 7. The van der Waals surface area contributed by atoms with Crippen LogP contribution in [0.25, 0.3) is 11.1 Å². The molecular formula is C54H49BN2O2. The van der Waals surface area contributed by atoms with Crippen LogP contribution in [0.1, 0.15) is 73.3 Å². The number of esters is 1. The van der Waals surface area contributed by atoms with Gasteiger partial charge in [-0.3, -0.25) is 0 Å². The van der Waals surface area contributed by atoms with Gasteiger partial charge in [0, 0.05) is 22.7 Å². The second-order valence-electron chi connectivity index (χ2n) is 17.1. The Balaban J connectivity index is 1.31. The van der Waals surface area contributed by atoms with Gasteiger partial charge in [-0.2, -0.15) is 0 Å². The van der Waals surface area contributed by atoms with Crippen molar-refractivity contribution in [1.82, 2.24) is 0 Å². The van der Waals surface area contributed by atoms with Crippen LogP contribution >= 0.6 is 0 Å². The molecule has 0 saturated heterocycles. The van der Waals surface area contributed by atoms with E-state index in [-0.39, 0.29) is 19.3 Å². The van der Waals surface area contributed by atoms with Crippen molar-refractivity contribution in [2.45, 2.75) is 73.8 Å². The van der Waals surface area contributed by atoms with E-state index in [0.717, 1.165) is 41.2 Å². The summed E-state index contributed by atoms with van der Waals surface area (Å²) in [5.41, 5.74) is 24.6. The molecule has 59 heavy (non-hydrogen) atoms. The molecule has 0 aromatic heterocycles. The number of hydrogen-bond acceptors (Lipinski definition) is 4. The minimum Gasteiger partial charge on any atom is -0.457 e. The number of fused-ring (bicyclic) bond motifs is 5. The van der Waals surface area contributed by atoms with Crippen LogP contribution < -0.4 is 26.2 Å². The van der Waals surface area contributed by atoms with Crippen LogP contribution in [0.2, 0.25) is 0 Å². The lowest BCUT2D eigenvalue weighted by atomic mass is 9.33. The monoisotopic (exact) mass is 768 g/mol. The average molecular weight is 769 g/mol. The summed E-state index contributed by atoms with van der Waals surface area (Å²) in [5, 5.41) is 0. The molecule has 2 heterocycles. The van der Waals surface area contributed by atoms with Crippen LogP contribution in [0, 0.1) is 41.5 Å². The number of ether oxygens (including phenoxy) is 1. The van der Waals surface area contributed by atoms with Crippen LogP contribution in [0.4, 0.5) is 34.1 Å². The van der Waals surface area contributed by atoms with E-state index in [9.17, 15) is 4.79 Å². The van der Waals surface area contributed by atoms with E-state index >= 15 is 0 Å². The van der Waals surface area contributed by atoms with Crippen molar-refractivity contribution in [2.24, 2.45) is 0 Å². The zero-order valence-electron chi connectivity index (χ0n) is 34.9. The summed E-state index contributed by atoms with van der Waals surface area (Å²) in [6.45, 7) is 13.4. The number of nitrogens with zero attached hydrogens (tertiary/aromatic N) is 2. The normalized spacial score (nSPS) is 13.7. The zero-order chi connectivity index (χ0) is 40.5. The van der Waals surface area contributed by atoms with Gasteiger partial charge >= 0.3 is 5.97 Å². The molecule has 0 bridgehead atoms. The first kappa shape index (κ1) is 37.0. The summed E-state index contributed by atoms with van der Waals surface area (Å²) >= 11 is 0. The summed E-state index contributed by atoms with van der Waals surface area (Å²) in [4.78, 5) is 19.5. The predicted molar refractivity (Wildman–Crippen MR) is 247 cm³/mol. The highest BCUT2D eigenvalue weighted by atomic mass is 16.5.